The van der Waals surface area contributed by atoms with Gasteiger partial charge in [-0.05, 0) is 95.1 Å². The molecule has 0 aliphatic heterocycles. The zero-order valence-corrected chi connectivity index (χ0v) is 34.2. The monoisotopic (exact) mass is 754 g/mol. The Labute approximate surface area is 330 Å². The summed E-state index contributed by atoms with van der Waals surface area (Å²) in [5, 5.41) is 10.6. The number of hydrogen-bond donors (Lipinski definition) is 2. The molecular formula is C47H66N2O6. The van der Waals surface area contributed by atoms with Gasteiger partial charge in [-0.15, -0.1) is 6.58 Å². The van der Waals surface area contributed by atoms with Crippen molar-refractivity contribution in [3.63, 3.8) is 0 Å². The highest BCUT2D eigenvalue weighted by atomic mass is 16.5. The number of aliphatic hydroxyl groups is 1. The van der Waals surface area contributed by atoms with Gasteiger partial charge >= 0.3 is 5.63 Å². The first-order valence-electron chi connectivity index (χ1n) is 19.4. The molecule has 0 aliphatic rings. The summed E-state index contributed by atoms with van der Waals surface area (Å²) in [6, 6.07) is 4.98. The molecule has 2 N–H and O–H groups in total. The molecule has 1 aromatic heterocycles. The summed E-state index contributed by atoms with van der Waals surface area (Å²) in [6.45, 7) is 14.6. The van der Waals surface area contributed by atoms with Gasteiger partial charge in [0, 0.05) is 49.9 Å². The fourth-order valence-corrected chi connectivity index (χ4v) is 4.51. The number of carbonyl (C=O) groups excluding carboxylic acids is 1. The van der Waals surface area contributed by atoms with Gasteiger partial charge in [-0.1, -0.05) is 99.8 Å². The molecule has 0 radical (unpaired) electrons. The second-order valence-corrected chi connectivity index (χ2v) is 11.8. The normalized spacial score (nSPS) is 12.2. The summed E-state index contributed by atoms with van der Waals surface area (Å²) in [5.41, 5.74) is 1.45. The molecule has 0 spiro atoms. The Hall–Kier alpha value is -5.21. The first kappa shape index (κ1) is 49.8. The second-order valence-electron chi connectivity index (χ2n) is 11.8. The lowest BCUT2D eigenvalue weighted by Crippen LogP contribution is -2.21. The number of carbonyl (C=O) groups is 1. The molecule has 1 amide bonds. The Morgan fingerprint density at radius 1 is 0.873 bits per heavy atom. The van der Waals surface area contributed by atoms with Gasteiger partial charge in [0.15, 0.2) is 11.3 Å². The minimum absolute atomic E-state index is 0.0633. The Balaban J connectivity index is 0.00000123. The third-order valence-corrected chi connectivity index (χ3v) is 7.15. The number of fused-ring (bicyclic) bond motifs is 1. The smallest absolute Gasteiger partial charge is 0.336 e. The summed E-state index contributed by atoms with van der Waals surface area (Å²) in [7, 11) is 1.00. The van der Waals surface area contributed by atoms with Crippen molar-refractivity contribution in [2.45, 2.75) is 98.8 Å². The van der Waals surface area contributed by atoms with E-state index in [-0.39, 0.29) is 5.91 Å². The summed E-state index contributed by atoms with van der Waals surface area (Å²) in [5.74, 6) is 0.844. The number of aryl methyl sites for hydroxylation is 1. The maximum Gasteiger partial charge on any atom is 0.336 e. The van der Waals surface area contributed by atoms with Gasteiger partial charge in [0.05, 0.1) is 12.9 Å². The topological polar surface area (TPSA) is 110 Å². The van der Waals surface area contributed by atoms with Gasteiger partial charge in [-0.2, -0.15) is 0 Å². The Bertz CT molecular complexity index is 1640. The van der Waals surface area contributed by atoms with Crippen molar-refractivity contribution in [2.24, 2.45) is 4.99 Å². The summed E-state index contributed by atoms with van der Waals surface area (Å²) < 4.78 is 17.1. The molecule has 2 rings (SSSR count). The van der Waals surface area contributed by atoms with E-state index in [1.807, 2.05) is 39.0 Å². The number of aliphatic hydroxyl groups excluding tert-OH is 1. The van der Waals surface area contributed by atoms with Gasteiger partial charge in [-0.25, -0.2) is 4.79 Å². The molecule has 0 atom stereocenters. The average Bonchev–Trinajstić information content (AvgIpc) is 3.19. The number of nitrogens with one attached hydrogen (secondary N) is 1. The fourth-order valence-electron chi connectivity index (χ4n) is 4.51. The van der Waals surface area contributed by atoms with Crippen LogP contribution >= 0.6 is 0 Å². The van der Waals surface area contributed by atoms with Gasteiger partial charge in [0.2, 0.25) is 11.7 Å². The first-order chi connectivity index (χ1) is 26.9. The molecule has 1 aromatic carbocycles. The standard InChI is InChI=1S/C28H34N2O5.C18H28.CH4O/c1-5-8-11-23(30-24(31)12-9-6-2)15-17-29-16-10-19-34-28-26(33-18-7-3)21(4)20-22-13-14-25(32)35-27(22)28;1-3-5-7-9-11-13-15-17-18-16-14-12-10-8-6-4-2;1-2/h6-8,11,13-15,17-18,20H,2,5,9-10,12,16,19H2,1,3-4H3,(H,30,31);5-8,11-14,17-18H,3-4,9-10,15-16H2,1-2H3;2H,1H3/b11-8-,18-7-,23-15+,29-17?;7-5-,8-6-,13-11-,14-12-,18-17-;. The van der Waals surface area contributed by atoms with Crippen molar-refractivity contribution in [3.05, 3.63) is 144 Å². The lowest BCUT2D eigenvalue weighted by Gasteiger charge is -2.14. The number of benzene rings is 1. The van der Waals surface area contributed by atoms with Crippen molar-refractivity contribution in [1.29, 1.82) is 0 Å². The van der Waals surface area contributed by atoms with E-state index in [2.05, 4.69) is 91.5 Å². The van der Waals surface area contributed by atoms with Gasteiger partial charge in [-0.3, -0.25) is 9.79 Å². The number of allylic oxidation sites excluding steroid dienone is 15. The van der Waals surface area contributed by atoms with Crippen molar-refractivity contribution in [2.75, 3.05) is 20.3 Å². The molecule has 0 bridgehead atoms. The van der Waals surface area contributed by atoms with E-state index < -0.39 is 5.63 Å². The molecule has 8 heteroatoms. The van der Waals surface area contributed by atoms with Crippen molar-refractivity contribution < 1.29 is 23.8 Å². The highest BCUT2D eigenvalue weighted by molar-refractivity contribution is 5.86. The van der Waals surface area contributed by atoms with E-state index in [9.17, 15) is 9.59 Å². The lowest BCUT2D eigenvalue weighted by atomic mass is 10.1. The highest BCUT2D eigenvalue weighted by Gasteiger charge is 2.16. The van der Waals surface area contributed by atoms with Crippen molar-refractivity contribution in [1.82, 2.24) is 5.32 Å². The molecule has 2 aromatic rings. The van der Waals surface area contributed by atoms with E-state index in [0.717, 1.165) is 63.0 Å². The maximum absolute atomic E-state index is 12.0. The third-order valence-electron chi connectivity index (χ3n) is 7.15. The van der Waals surface area contributed by atoms with Crippen LogP contribution in [0.3, 0.4) is 0 Å². The van der Waals surface area contributed by atoms with Crippen molar-refractivity contribution >= 4 is 23.1 Å². The molecule has 0 unspecified atom stereocenters. The minimum atomic E-state index is -0.455. The predicted molar refractivity (Wildman–Crippen MR) is 234 cm³/mol. The molecule has 8 nitrogen and oxygen atoms in total. The van der Waals surface area contributed by atoms with Crippen LogP contribution < -0.4 is 20.4 Å². The minimum Gasteiger partial charge on any atom is -0.486 e. The van der Waals surface area contributed by atoms with E-state index in [0.29, 0.717) is 55.2 Å². The van der Waals surface area contributed by atoms with E-state index in [1.54, 1.807) is 36.8 Å². The number of amides is 1. The van der Waals surface area contributed by atoms with Gasteiger partial charge < -0.3 is 24.3 Å². The molecule has 0 fully saturated rings. The largest absolute Gasteiger partial charge is 0.486 e. The zero-order chi connectivity index (χ0) is 40.8. The van der Waals surface area contributed by atoms with E-state index >= 15 is 0 Å². The Morgan fingerprint density at radius 2 is 1.45 bits per heavy atom. The highest BCUT2D eigenvalue weighted by Crippen LogP contribution is 2.38. The third kappa shape index (κ3) is 25.4. The van der Waals surface area contributed by atoms with Crippen LogP contribution in [0.2, 0.25) is 0 Å². The average molecular weight is 755 g/mol. The number of rotatable bonds is 24. The number of ether oxygens (including phenoxy) is 2. The summed E-state index contributed by atoms with van der Waals surface area (Å²) in [4.78, 5) is 28.2. The Kier molecular flexibility index (Phi) is 32.4. The quantitative estimate of drug-likeness (QED) is 0.0276. The molecule has 0 saturated carbocycles. The van der Waals surface area contributed by atoms with Gasteiger partial charge in [0.1, 0.15) is 0 Å². The Morgan fingerprint density at radius 3 is 2.00 bits per heavy atom. The van der Waals surface area contributed by atoms with Crippen LogP contribution in [0.4, 0.5) is 0 Å². The van der Waals surface area contributed by atoms with Crippen LogP contribution in [0.1, 0.15) is 97.5 Å². The lowest BCUT2D eigenvalue weighted by molar-refractivity contribution is -0.120. The molecule has 1 heterocycles. The first-order valence-corrected chi connectivity index (χ1v) is 19.4. The van der Waals surface area contributed by atoms with E-state index in [4.69, 9.17) is 19.0 Å². The summed E-state index contributed by atoms with van der Waals surface area (Å²) >= 11 is 0. The number of aliphatic imine (C=N–C) groups is 1. The van der Waals surface area contributed by atoms with Crippen LogP contribution in [-0.4, -0.2) is 37.5 Å². The molecule has 55 heavy (non-hydrogen) atoms. The van der Waals surface area contributed by atoms with Crippen LogP contribution in [0.15, 0.2) is 142 Å². The van der Waals surface area contributed by atoms with Crippen LogP contribution in [-0.2, 0) is 4.79 Å². The van der Waals surface area contributed by atoms with Crippen LogP contribution in [0.5, 0.6) is 11.5 Å². The fraction of sp³-hybridized carbons (Fsp3) is 0.383. The molecular weight excluding hydrogens is 689 g/mol. The number of nitrogens with zero attached hydrogens (tertiary/aromatic N) is 1. The molecule has 0 aliphatic carbocycles. The molecule has 0 saturated heterocycles. The van der Waals surface area contributed by atoms with E-state index in [1.165, 1.54) is 6.07 Å². The van der Waals surface area contributed by atoms with Crippen molar-refractivity contribution in [3.8, 4) is 11.5 Å². The number of hydrogen-bond acceptors (Lipinski definition) is 7. The molecule has 300 valence electrons. The maximum atomic E-state index is 12.0. The predicted octanol–water partition coefficient (Wildman–Crippen LogP) is 11.5. The second kappa shape index (κ2) is 35.8. The van der Waals surface area contributed by atoms with Gasteiger partial charge in [0.25, 0.3) is 0 Å². The summed E-state index contributed by atoms with van der Waals surface area (Å²) in [6.07, 6.45) is 43.5. The SMILES string of the molecule is C=CCCC(=O)NC(/C=C\CC)=C/C=NCCCOc1c(O/C=C\C)c(C)cc2ccc(=O)oc12.CC/C=C\C/C=C\C/C=C\C/C=C\C/C=C\CC.CO. The zero-order valence-electron chi connectivity index (χ0n) is 34.2. The van der Waals surface area contributed by atoms with Crippen LogP contribution in [0, 0.1) is 6.92 Å². The van der Waals surface area contributed by atoms with Crippen LogP contribution in [0.25, 0.3) is 11.0 Å².